The maximum absolute atomic E-state index is 5.83. The zero-order valence-electron chi connectivity index (χ0n) is 13.7. The molecule has 2 bridgehead atoms. The Kier molecular flexibility index (Phi) is 6.48. The van der Waals surface area contributed by atoms with Crippen molar-refractivity contribution in [2.75, 3.05) is 13.2 Å². The standard InChI is InChI=1S/C18H33BO2/c1(4-14-20-18-12-2-5-15-21-18)3-13-19-16-8-6-9-17(19)11-7-10-16/h16-18H,1-15H2. The second-order valence-corrected chi connectivity index (χ2v) is 7.56. The lowest BCUT2D eigenvalue weighted by Gasteiger charge is -2.40. The highest BCUT2D eigenvalue weighted by Crippen LogP contribution is 2.48. The Bertz CT molecular complexity index is 269. The highest BCUT2D eigenvalue weighted by Gasteiger charge is 2.37. The summed E-state index contributed by atoms with van der Waals surface area (Å²) in [5.41, 5.74) is 0. The molecule has 3 aliphatic heterocycles. The van der Waals surface area contributed by atoms with Crippen LogP contribution in [0, 0.1) is 0 Å². The fraction of sp³-hybridized carbons (Fsp3) is 1.00. The summed E-state index contributed by atoms with van der Waals surface area (Å²) in [7, 11) is 0. The maximum Gasteiger partial charge on any atom is 0.157 e. The first kappa shape index (κ1) is 15.9. The van der Waals surface area contributed by atoms with E-state index in [0.29, 0.717) is 0 Å². The number of hydrogen-bond acceptors (Lipinski definition) is 2. The van der Waals surface area contributed by atoms with E-state index >= 15 is 0 Å². The molecular formula is C18H33BO2. The molecule has 0 aromatic rings. The quantitative estimate of drug-likeness (QED) is 0.468. The van der Waals surface area contributed by atoms with Crippen LogP contribution in [0.4, 0.5) is 0 Å². The van der Waals surface area contributed by atoms with Crippen LogP contribution in [0.5, 0.6) is 0 Å². The van der Waals surface area contributed by atoms with Crippen molar-refractivity contribution in [1.82, 2.24) is 0 Å². The largest absolute Gasteiger partial charge is 0.353 e. The van der Waals surface area contributed by atoms with Crippen molar-refractivity contribution in [2.45, 2.75) is 101 Å². The molecule has 0 aliphatic carbocycles. The van der Waals surface area contributed by atoms with Crippen LogP contribution in [-0.4, -0.2) is 26.2 Å². The van der Waals surface area contributed by atoms with Crippen LogP contribution in [0.2, 0.25) is 18.0 Å². The molecule has 0 spiro atoms. The summed E-state index contributed by atoms with van der Waals surface area (Å²) < 4.78 is 11.4. The highest BCUT2D eigenvalue weighted by atomic mass is 16.7. The monoisotopic (exact) mass is 292 g/mol. The van der Waals surface area contributed by atoms with E-state index in [2.05, 4.69) is 0 Å². The van der Waals surface area contributed by atoms with Crippen LogP contribution < -0.4 is 0 Å². The number of rotatable bonds is 7. The number of unbranched alkanes of at least 4 members (excludes halogenated alkanes) is 2. The van der Waals surface area contributed by atoms with E-state index in [1.165, 1.54) is 76.9 Å². The predicted octanol–water partition coefficient (Wildman–Crippen LogP) is 5.30. The molecule has 3 saturated heterocycles. The molecule has 21 heavy (non-hydrogen) atoms. The zero-order valence-corrected chi connectivity index (χ0v) is 13.7. The number of hydrogen-bond donors (Lipinski definition) is 0. The van der Waals surface area contributed by atoms with Gasteiger partial charge in [-0.2, -0.15) is 0 Å². The topological polar surface area (TPSA) is 18.5 Å². The van der Waals surface area contributed by atoms with E-state index in [1.807, 2.05) is 0 Å². The molecular weight excluding hydrogens is 259 g/mol. The summed E-state index contributed by atoms with van der Waals surface area (Å²) in [5.74, 6) is 2.17. The van der Waals surface area contributed by atoms with Crippen LogP contribution >= 0.6 is 0 Å². The molecule has 1 unspecified atom stereocenters. The molecule has 3 heteroatoms. The average Bonchev–Trinajstić information content (AvgIpc) is 2.51. The molecule has 0 radical (unpaired) electrons. The minimum atomic E-state index is 0.108. The van der Waals surface area contributed by atoms with Gasteiger partial charge in [0.25, 0.3) is 0 Å². The van der Waals surface area contributed by atoms with Gasteiger partial charge in [-0.25, -0.2) is 0 Å². The smallest absolute Gasteiger partial charge is 0.157 e. The van der Waals surface area contributed by atoms with E-state index in [1.54, 1.807) is 0 Å². The van der Waals surface area contributed by atoms with E-state index in [9.17, 15) is 0 Å². The van der Waals surface area contributed by atoms with E-state index in [4.69, 9.17) is 9.47 Å². The molecule has 0 saturated carbocycles. The maximum atomic E-state index is 5.83. The number of fused-ring (bicyclic) bond motifs is 2. The molecule has 120 valence electrons. The third-order valence-electron chi connectivity index (χ3n) is 6.13. The third kappa shape index (κ3) is 4.73. The first-order chi connectivity index (χ1) is 10.4. The van der Waals surface area contributed by atoms with Crippen molar-refractivity contribution in [3.8, 4) is 0 Å². The SMILES string of the molecule is C(CCOC1CCCCO1)CCB1C2CCCC1CCC2. The molecule has 0 N–H and O–H groups in total. The third-order valence-corrected chi connectivity index (χ3v) is 6.13. The molecule has 0 aromatic carbocycles. The summed E-state index contributed by atoms with van der Waals surface area (Å²) in [4.78, 5) is 0. The van der Waals surface area contributed by atoms with Gasteiger partial charge in [-0.3, -0.25) is 0 Å². The van der Waals surface area contributed by atoms with E-state index in [-0.39, 0.29) is 6.29 Å². The van der Waals surface area contributed by atoms with Gasteiger partial charge in [-0.1, -0.05) is 69.3 Å². The van der Waals surface area contributed by atoms with E-state index in [0.717, 1.165) is 38.0 Å². The molecule has 2 nitrogen and oxygen atoms in total. The zero-order chi connectivity index (χ0) is 14.3. The van der Waals surface area contributed by atoms with Crippen molar-refractivity contribution < 1.29 is 9.47 Å². The van der Waals surface area contributed by atoms with Gasteiger partial charge in [0.2, 0.25) is 0 Å². The molecule has 1 atom stereocenters. The summed E-state index contributed by atoms with van der Waals surface area (Å²) in [6.45, 7) is 2.88. The molecule has 3 fully saturated rings. The molecule has 0 amide bonds. The van der Waals surface area contributed by atoms with Crippen molar-refractivity contribution in [1.29, 1.82) is 0 Å². The molecule has 3 heterocycles. The van der Waals surface area contributed by atoms with E-state index < -0.39 is 0 Å². The lowest BCUT2D eigenvalue weighted by atomic mass is 9.26. The molecule has 3 aliphatic rings. The lowest BCUT2D eigenvalue weighted by molar-refractivity contribution is -0.162. The van der Waals surface area contributed by atoms with Crippen LogP contribution in [-0.2, 0) is 9.47 Å². The van der Waals surface area contributed by atoms with Gasteiger partial charge in [0, 0.05) is 13.2 Å². The van der Waals surface area contributed by atoms with Gasteiger partial charge >= 0.3 is 0 Å². The Morgan fingerprint density at radius 3 is 2.24 bits per heavy atom. The first-order valence-corrected chi connectivity index (χ1v) is 9.66. The normalized spacial score (nSPS) is 33.1. The lowest BCUT2D eigenvalue weighted by Crippen LogP contribution is -2.34. The van der Waals surface area contributed by atoms with Crippen molar-refractivity contribution in [3.63, 3.8) is 0 Å². The van der Waals surface area contributed by atoms with Crippen LogP contribution in [0.15, 0.2) is 0 Å². The Hall–Kier alpha value is -0.0151. The number of ether oxygens (including phenoxy) is 2. The van der Waals surface area contributed by atoms with Gasteiger partial charge in [-0.15, -0.1) is 0 Å². The van der Waals surface area contributed by atoms with Crippen LogP contribution in [0.25, 0.3) is 0 Å². The van der Waals surface area contributed by atoms with Gasteiger partial charge in [0.1, 0.15) is 6.71 Å². The summed E-state index contributed by atoms with van der Waals surface area (Å²) in [5, 5.41) is 0. The average molecular weight is 292 g/mol. The van der Waals surface area contributed by atoms with Gasteiger partial charge in [0.05, 0.1) is 0 Å². The Morgan fingerprint density at radius 1 is 0.810 bits per heavy atom. The second-order valence-electron chi connectivity index (χ2n) is 7.56. The van der Waals surface area contributed by atoms with Gasteiger partial charge in [-0.05, 0) is 25.7 Å². The summed E-state index contributed by atoms with van der Waals surface area (Å²) in [6.07, 6.45) is 18.3. The fourth-order valence-electron chi connectivity index (χ4n) is 5.00. The second kappa shape index (κ2) is 8.57. The highest BCUT2D eigenvalue weighted by molar-refractivity contribution is 6.62. The van der Waals surface area contributed by atoms with Crippen LogP contribution in [0.1, 0.15) is 77.0 Å². The van der Waals surface area contributed by atoms with Gasteiger partial charge in [0.15, 0.2) is 6.29 Å². The van der Waals surface area contributed by atoms with Crippen molar-refractivity contribution in [3.05, 3.63) is 0 Å². The van der Waals surface area contributed by atoms with Gasteiger partial charge < -0.3 is 9.47 Å². The summed E-state index contributed by atoms with van der Waals surface area (Å²) in [6, 6.07) is 0. The van der Waals surface area contributed by atoms with Crippen LogP contribution in [0.3, 0.4) is 0 Å². The summed E-state index contributed by atoms with van der Waals surface area (Å²) >= 11 is 0. The fourth-order valence-corrected chi connectivity index (χ4v) is 5.00. The van der Waals surface area contributed by atoms with Crippen molar-refractivity contribution >= 4 is 6.71 Å². The molecule has 0 aromatic heterocycles. The minimum Gasteiger partial charge on any atom is -0.353 e. The first-order valence-electron chi connectivity index (χ1n) is 9.66. The molecule has 3 rings (SSSR count). The van der Waals surface area contributed by atoms with Crippen molar-refractivity contribution in [2.24, 2.45) is 0 Å². The minimum absolute atomic E-state index is 0.108. The predicted molar refractivity (Wildman–Crippen MR) is 89.2 cm³/mol. The Morgan fingerprint density at radius 2 is 1.57 bits per heavy atom. The Labute approximate surface area is 131 Å². The Balaban J connectivity index is 1.24.